The molecule has 0 unspecified atom stereocenters. The fraction of sp³-hybridized carbons (Fsp3) is 0.484. The van der Waals surface area contributed by atoms with Crippen LogP contribution in [0.1, 0.15) is 62.2 Å². The van der Waals surface area contributed by atoms with E-state index in [0.717, 1.165) is 68.2 Å². The number of aliphatic carboxylic acids is 1. The number of aromatic nitrogens is 1. The number of halogens is 2. The largest absolute Gasteiger partial charge is 0.497 e. The number of pyridine rings is 1. The minimum Gasteiger partial charge on any atom is -0.497 e. The van der Waals surface area contributed by atoms with E-state index in [1.807, 2.05) is 30.3 Å². The van der Waals surface area contributed by atoms with Crippen LogP contribution >= 0.6 is 0 Å². The van der Waals surface area contributed by atoms with Crippen molar-refractivity contribution in [1.82, 2.24) is 9.88 Å². The smallest absolute Gasteiger partial charge is 0.303 e. The number of piperidine rings is 1. The molecule has 3 aromatic rings. The Morgan fingerprint density at radius 1 is 1.13 bits per heavy atom. The molecule has 1 saturated heterocycles. The van der Waals surface area contributed by atoms with Gasteiger partial charge in [-0.15, -0.1) is 0 Å². The summed E-state index contributed by atoms with van der Waals surface area (Å²) in [6.07, 6.45) is 6.40. The van der Waals surface area contributed by atoms with Gasteiger partial charge in [-0.3, -0.25) is 9.78 Å². The fourth-order valence-corrected chi connectivity index (χ4v) is 5.75. The number of unbranched alkanes of at least 4 members (excludes halogenated alkanes) is 1. The molecule has 0 saturated carbocycles. The van der Waals surface area contributed by atoms with Gasteiger partial charge in [-0.05, 0) is 117 Å². The van der Waals surface area contributed by atoms with Crippen LogP contribution in [0.4, 0.5) is 8.78 Å². The van der Waals surface area contributed by atoms with Crippen molar-refractivity contribution in [2.24, 2.45) is 11.8 Å². The van der Waals surface area contributed by atoms with Crippen molar-refractivity contribution in [3.05, 3.63) is 71.7 Å². The highest BCUT2D eigenvalue weighted by Gasteiger charge is 2.30. The van der Waals surface area contributed by atoms with E-state index in [-0.39, 0.29) is 18.2 Å². The van der Waals surface area contributed by atoms with Gasteiger partial charge in [0.05, 0.1) is 12.6 Å². The summed E-state index contributed by atoms with van der Waals surface area (Å²) in [5.74, 6) is 0.250. The molecule has 0 amide bonds. The van der Waals surface area contributed by atoms with Gasteiger partial charge in [0, 0.05) is 24.5 Å². The standard InChI is InChI=1S/C31H38F2N2O3/c1-38-26-11-13-30-28(20-26)27(15-17-34-30)29(33)12-7-23-16-19-35(21-24(23)8-14-31(36)37)18-3-2-4-22-5-9-25(32)10-6-22/h5-6,9-11,13,15,17,20,23-24,29H,2-4,7-8,12,14,16,18-19,21H2,1H3,(H,36,37)/t23-,24-,29-/m1/s1. The number of hydrogen-bond acceptors (Lipinski definition) is 4. The molecule has 1 fully saturated rings. The molecule has 1 aliphatic rings. The lowest BCUT2D eigenvalue weighted by atomic mass is 9.79. The molecule has 38 heavy (non-hydrogen) atoms. The summed E-state index contributed by atoms with van der Waals surface area (Å²) in [6.45, 7) is 2.78. The summed E-state index contributed by atoms with van der Waals surface area (Å²) in [5, 5.41) is 10.1. The molecule has 1 N–H and O–H groups in total. The van der Waals surface area contributed by atoms with Crippen LogP contribution in [0.5, 0.6) is 5.75 Å². The molecule has 4 rings (SSSR count). The molecule has 7 heteroatoms. The first-order chi connectivity index (χ1) is 18.4. The molecule has 5 nitrogen and oxygen atoms in total. The van der Waals surface area contributed by atoms with Gasteiger partial charge in [-0.2, -0.15) is 0 Å². The molecule has 2 heterocycles. The molecule has 3 atom stereocenters. The fourth-order valence-electron chi connectivity index (χ4n) is 5.75. The minimum atomic E-state index is -1.11. The number of alkyl halides is 1. The third kappa shape index (κ3) is 7.73. The van der Waals surface area contributed by atoms with Gasteiger partial charge >= 0.3 is 5.97 Å². The van der Waals surface area contributed by atoms with E-state index in [1.165, 1.54) is 12.1 Å². The number of carboxylic acid groups (broad SMARTS) is 1. The van der Waals surface area contributed by atoms with Gasteiger partial charge in [-0.1, -0.05) is 12.1 Å². The van der Waals surface area contributed by atoms with E-state index in [9.17, 15) is 14.3 Å². The second kappa shape index (κ2) is 13.7. The number of nitrogens with zero attached hydrogens (tertiary/aromatic N) is 2. The van der Waals surface area contributed by atoms with Crippen molar-refractivity contribution in [1.29, 1.82) is 0 Å². The highest BCUT2D eigenvalue weighted by molar-refractivity contribution is 5.83. The first-order valence-corrected chi connectivity index (χ1v) is 13.7. The highest BCUT2D eigenvalue weighted by atomic mass is 19.1. The van der Waals surface area contributed by atoms with Crippen molar-refractivity contribution in [3.8, 4) is 5.75 Å². The number of fused-ring (bicyclic) bond motifs is 1. The lowest BCUT2D eigenvalue weighted by Crippen LogP contribution is -2.41. The first-order valence-electron chi connectivity index (χ1n) is 13.7. The lowest BCUT2D eigenvalue weighted by molar-refractivity contribution is -0.137. The Labute approximate surface area is 223 Å². The van der Waals surface area contributed by atoms with Crippen LogP contribution in [0.15, 0.2) is 54.7 Å². The maximum atomic E-state index is 15.5. The molecule has 0 bridgehead atoms. The topological polar surface area (TPSA) is 62.7 Å². The SMILES string of the molecule is COc1ccc2nccc([C@H](F)CC[C@@H]3CCN(CCCCc4ccc(F)cc4)C[C@H]3CCC(=O)O)c2c1. The van der Waals surface area contributed by atoms with Crippen LogP contribution in [0, 0.1) is 17.7 Å². The van der Waals surface area contributed by atoms with Gasteiger partial charge in [0.1, 0.15) is 17.7 Å². The predicted molar refractivity (Wildman–Crippen MR) is 146 cm³/mol. The number of likely N-dealkylation sites (tertiary alicyclic amines) is 1. The Hall–Kier alpha value is -3.06. The zero-order valence-electron chi connectivity index (χ0n) is 22.1. The van der Waals surface area contributed by atoms with Gasteiger partial charge in [0.25, 0.3) is 0 Å². The maximum absolute atomic E-state index is 15.5. The summed E-state index contributed by atoms with van der Waals surface area (Å²) in [6, 6.07) is 14.0. The number of rotatable bonds is 13. The number of ether oxygens (including phenoxy) is 1. The second-order valence-electron chi connectivity index (χ2n) is 10.5. The maximum Gasteiger partial charge on any atom is 0.303 e. The summed E-state index contributed by atoms with van der Waals surface area (Å²) in [7, 11) is 1.60. The van der Waals surface area contributed by atoms with Gasteiger partial charge < -0.3 is 14.7 Å². The van der Waals surface area contributed by atoms with Crippen molar-refractivity contribution >= 4 is 16.9 Å². The molecular formula is C31H38F2N2O3. The van der Waals surface area contributed by atoms with E-state index >= 15 is 4.39 Å². The average molecular weight is 525 g/mol. The van der Waals surface area contributed by atoms with Crippen LogP contribution in [-0.2, 0) is 11.2 Å². The zero-order chi connectivity index (χ0) is 26.9. The molecule has 0 radical (unpaired) electrons. The highest BCUT2D eigenvalue weighted by Crippen LogP contribution is 2.36. The van der Waals surface area contributed by atoms with Crippen LogP contribution < -0.4 is 4.74 Å². The number of methoxy groups -OCH3 is 1. The van der Waals surface area contributed by atoms with Gasteiger partial charge in [0.15, 0.2) is 0 Å². The Bertz CT molecular complexity index is 1190. The van der Waals surface area contributed by atoms with Crippen LogP contribution in [0.3, 0.4) is 0 Å². The number of benzene rings is 2. The molecule has 1 aliphatic heterocycles. The Balaban J connectivity index is 1.31. The molecule has 1 aromatic heterocycles. The third-order valence-electron chi connectivity index (χ3n) is 7.92. The zero-order valence-corrected chi connectivity index (χ0v) is 22.1. The summed E-state index contributed by atoms with van der Waals surface area (Å²) in [4.78, 5) is 18.1. The van der Waals surface area contributed by atoms with Crippen molar-refractivity contribution in [3.63, 3.8) is 0 Å². The van der Waals surface area contributed by atoms with Gasteiger partial charge in [-0.25, -0.2) is 8.78 Å². The average Bonchev–Trinajstić information content (AvgIpc) is 2.93. The van der Waals surface area contributed by atoms with E-state index < -0.39 is 12.1 Å². The third-order valence-corrected chi connectivity index (χ3v) is 7.92. The number of hydrogen-bond donors (Lipinski definition) is 1. The second-order valence-corrected chi connectivity index (χ2v) is 10.5. The quantitative estimate of drug-likeness (QED) is 0.244. The lowest BCUT2D eigenvalue weighted by Gasteiger charge is -2.39. The normalized spacial score (nSPS) is 18.9. The first kappa shape index (κ1) is 28.0. The molecule has 0 spiro atoms. The number of aryl methyl sites for hydroxylation is 1. The van der Waals surface area contributed by atoms with Gasteiger partial charge in [0.2, 0.25) is 0 Å². The van der Waals surface area contributed by atoms with E-state index in [2.05, 4.69) is 9.88 Å². The summed E-state index contributed by atoms with van der Waals surface area (Å²) in [5.41, 5.74) is 2.53. The monoisotopic (exact) mass is 524 g/mol. The number of carboxylic acids is 1. The number of carbonyl (C=O) groups is 1. The van der Waals surface area contributed by atoms with E-state index in [0.29, 0.717) is 30.1 Å². The predicted octanol–water partition coefficient (Wildman–Crippen LogP) is 7.00. The Kier molecular flexibility index (Phi) is 10.0. The van der Waals surface area contributed by atoms with Crippen molar-refractivity contribution in [2.45, 2.75) is 57.5 Å². The molecule has 0 aliphatic carbocycles. The Morgan fingerprint density at radius 2 is 1.95 bits per heavy atom. The summed E-state index contributed by atoms with van der Waals surface area (Å²) >= 11 is 0. The Morgan fingerprint density at radius 3 is 2.71 bits per heavy atom. The van der Waals surface area contributed by atoms with Crippen LogP contribution in [0.2, 0.25) is 0 Å². The molecule has 2 aromatic carbocycles. The van der Waals surface area contributed by atoms with Crippen molar-refractivity contribution in [2.75, 3.05) is 26.7 Å². The van der Waals surface area contributed by atoms with Crippen LogP contribution in [-0.4, -0.2) is 47.7 Å². The minimum absolute atomic E-state index is 0.146. The van der Waals surface area contributed by atoms with Crippen molar-refractivity contribution < 1.29 is 23.4 Å². The molecule has 204 valence electrons. The van der Waals surface area contributed by atoms with E-state index in [1.54, 1.807) is 19.4 Å². The summed E-state index contributed by atoms with van der Waals surface area (Å²) < 4.78 is 34.0. The van der Waals surface area contributed by atoms with Crippen LogP contribution in [0.25, 0.3) is 10.9 Å². The molecular weight excluding hydrogens is 486 g/mol. The van der Waals surface area contributed by atoms with E-state index in [4.69, 9.17) is 4.74 Å².